The van der Waals surface area contributed by atoms with E-state index in [1.807, 2.05) is 53.9 Å². The van der Waals surface area contributed by atoms with E-state index in [0.717, 1.165) is 34.0 Å². The minimum Gasteiger partial charge on any atom is -0.493 e. The molecule has 4 aromatic rings. The van der Waals surface area contributed by atoms with Gasteiger partial charge in [-0.15, -0.1) is 11.3 Å². The molecule has 2 N–H and O–H groups in total. The lowest BCUT2D eigenvalue weighted by Gasteiger charge is -2.07. The smallest absolute Gasteiger partial charge is 0.227 e. The summed E-state index contributed by atoms with van der Waals surface area (Å²) in [5.41, 5.74) is 4.99. The van der Waals surface area contributed by atoms with Crippen molar-refractivity contribution in [1.29, 1.82) is 0 Å². The summed E-state index contributed by atoms with van der Waals surface area (Å²) in [7, 11) is 0. The van der Waals surface area contributed by atoms with Crippen LogP contribution < -0.4 is 10.1 Å². The van der Waals surface area contributed by atoms with Crippen LogP contribution in [0.1, 0.15) is 6.42 Å². The Bertz CT molecular complexity index is 1010. The maximum Gasteiger partial charge on any atom is 0.227 e. The number of aromatic nitrogens is 3. The zero-order chi connectivity index (χ0) is 17.8. The summed E-state index contributed by atoms with van der Waals surface area (Å²) in [6, 6.07) is 15.0. The zero-order valence-electron chi connectivity index (χ0n) is 13.8. The number of thiazole rings is 1. The Morgan fingerprint density at radius 1 is 1.19 bits per heavy atom. The Kier molecular flexibility index (Phi) is 4.61. The average molecular weight is 364 g/mol. The van der Waals surface area contributed by atoms with E-state index in [4.69, 9.17) is 4.74 Å². The SMILES string of the molecule is O=C(CCOc1ccccc1)Nc1ccc2nc(-c3cscn3)[nH]c2c1. The molecule has 0 aliphatic rings. The number of rotatable bonds is 6. The highest BCUT2D eigenvalue weighted by Gasteiger charge is 2.09. The van der Waals surface area contributed by atoms with Gasteiger partial charge in [0.05, 0.1) is 29.6 Å². The van der Waals surface area contributed by atoms with Crippen molar-refractivity contribution < 1.29 is 9.53 Å². The lowest BCUT2D eigenvalue weighted by molar-refractivity contribution is -0.116. The van der Waals surface area contributed by atoms with Gasteiger partial charge in [-0.05, 0) is 30.3 Å². The molecule has 0 saturated heterocycles. The van der Waals surface area contributed by atoms with Gasteiger partial charge in [0.1, 0.15) is 11.4 Å². The lowest BCUT2D eigenvalue weighted by atomic mass is 10.2. The summed E-state index contributed by atoms with van der Waals surface area (Å²) in [4.78, 5) is 24.1. The molecule has 0 unspecified atom stereocenters. The molecule has 0 radical (unpaired) electrons. The summed E-state index contributed by atoms with van der Waals surface area (Å²) in [6.07, 6.45) is 0.278. The van der Waals surface area contributed by atoms with E-state index in [9.17, 15) is 4.79 Å². The fourth-order valence-corrected chi connectivity index (χ4v) is 3.08. The normalized spacial score (nSPS) is 10.8. The number of imidazole rings is 1. The third-order valence-electron chi connectivity index (χ3n) is 3.78. The molecular formula is C19H16N4O2S. The maximum absolute atomic E-state index is 12.1. The standard InChI is InChI=1S/C19H16N4O2S/c24-18(8-9-25-14-4-2-1-3-5-14)21-13-6-7-15-16(10-13)23-19(22-15)17-11-26-12-20-17/h1-7,10-12H,8-9H2,(H,21,24)(H,22,23). The van der Waals surface area contributed by atoms with Gasteiger partial charge < -0.3 is 15.0 Å². The van der Waals surface area contributed by atoms with E-state index in [1.54, 1.807) is 5.51 Å². The molecule has 0 saturated carbocycles. The quantitative estimate of drug-likeness (QED) is 0.540. The van der Waals surface area contributed by atoms with Gasteiger partial charge in [0.15, 0.2) is 5.82 Å². The topological polar surface area (TPSA) is 79.9 Å². The maximum atomic E-state index is 12.1. The Labute approximate surface area is 153 Å². The predicted molar refractivity (Wildman–Crippen MR) is 102 cm³/mol. The second-order valence-corrected chi connectivity index (χ2v) is 6.37. The van der Waals surface area contributed by atoms with Crippen LogP contribution in [0.5, 0.6) is 5.75 Å². The minimum absolute atomic E-state index is 0.0977. The first-order valence-corrected chi connectivity index (χ1v) is 9.08. The van der Waals surface area contributed by atoms with Crippen LogP contribution in [0.2, 0.25) is 0 Å². The summed E-state index contributed by atoms with van der Waals surface area (Å²) in [5.74, 6) is 1.38. The van der Waals surface area contributed by atoms with Gasteiger partial charge in [-0.2, -0.15) is 0 Å². The number of H-pyrrole nitrogens is 1. The number of benzene rings is 2. The minimum atomic E-state index is -0.0977. The number of nitrogens with zero attached hydrogens (tertiary/aromatic N) is 2. The predicted octanol–water partition coefficient (Wildman–Crippen LogP) is 4.09. The van der Waals surface area contributed by atoms with E-state index < -0.39 is 0 Å². The molecule has 6 nitrogen and oxygen atoms in total. The molecule has 130 valence electrons. The number of carbonyl (C=O) groups is 1. The van der Waals surface area contributed by atoms with Crippen LogP contribution in [0.4, 0.5) is 5.69 Å². The first-order valence-electron chi connectivity index (χ1n) is 8.14. The average Bonchev–Trinajstić information content (AvgIpc) is 3.31. The number of aromatic amines is 1. The number of para-hydroxylation sites is 1. The van der Waals surface area contributed by atoms with E-state index in [-0.39, 0.29) is 12.3 Å². The number of hydrogen-bond donors (Lipinski definition) is 2. The summed E-state index contributed by atoms with van der Waals surface area (Å²) in [6.45, 7) is 0.329. The molecule has 2 aromatic heterocycles. The Morgan fingerprint density at radius 2 is 2.08 bits per heavy atom. The molecule has 0 spiro atoms. The fraction of sp³-hybridized carbons (Fsp3) is 0.105. The first kappa shape index (κ1) is 16.3. The van der Waals surface area contributed by atoms with E-state index >= 15 is 0 Å². The summed E-state index contributed by atoms with van der Waals surface area (Å²) >= 11 is 1.52. The molecule has 1 amide bonds. The molecule has 4 rings (SSSR count). The zero-order valence-corrected chi connectivity index (χ0v) is 14.6. The van der Waals surface area contributed by atoms with Gasteiger partial charge in [0.2, 0.25) is 5.91 Å². The third-order valence-corrected chi connectivity index (χ3v) is 4.37. The molecular weight excluding hydrogens is 348 g/mol. The van der Waals surface area contributed by atoms with Crippen molar-refractivity contribution in [3.8, 4) is 17.3 Å². The van der Waals surface area contributed by atoms with Crippen molar-refractivity contribution in [2.45, 2.75) is 6.42 Å². The van der Waals surface area contributed by atoms with Crippen molar-refractivity contribution in [2.75, 3.05) is 11.9 Å². The second-order valence-electron chi connectivity index (χ2n) is 5.65. The number of carbonyl (C=O) groups excluding carboxylic acids is 1. The Hall–Kier alpha value is -3.19. The number of amides is 1. The van der Waals surface area contributed by atoms with Crippen LogP contribution in [-0.2, 0) is 4.79 Å². The molecule has 0 aliphatic heterocycles. The van der Waals surface area contributed by atoms with Crippen LogP contribution in [0.3, 0.4) is 0 Å². The van der Waals surface area contributed by atoms with Crippen molar-refractivity contribution in [1.82, 2.24) is 15.0 Å². The number of anilines is 1. The van der Waals surface area contributed by atoms with Gasteiger partial charge in [-0.25, -0.2) is 9.97 Å². The van der Waals surface area contributed by atoms with E-state index in [2.05, 4.69) is 20.3 Å². The van der Waals surface area contributed by atoms with Crippen LogP contribution in [0, 0.1) is 0 Å². The first-order chi connectivity index (χ1) is 12.8. The molecule has 0 bridgehead atoms. The van der Waals surface area contributed by atoms with Crippen LogP contribution in [0.15, 0.2) is 59.4 Å². The number of nitrogens with one attached hydrogen (secondary N) is 2. The third kappa shape index (κ3) is 3.73. The van der Waals surface area contributed by atoms with Crippen LogP contribution in [0.25, 0.3) is 22.6 Å². The molecule has 0 aliphatic carbocycles. The largest absolute Gasteiger partial charge is 0.493 e. The van der Waals surface area contributed by atoms with Gasteiger partial charge in [-0.3, -0.25) is 4.79 Å². The van der Waals surface area contributed by atoms with Gasteiger partial charge in [-0.1, -0.05) is 18.2 Å². The van der Waals surface area contributed by atoms with E-state index in [1.165, 1.54) is 11.3 Å². The molecule has 0 fully saturated rings. The highest BCUT2D eigenvalue weighted by Crippen LogP contribution is 2.22. The number of fused-ring (bicyclic) bond motifs is 1. The van der Waals surface area contributed by atoms with E-state index in [0.29, 0.717) is 6.61 Å². The monoisotopic (exact) mass is 364 g/mol. The summed E-state index contributed by atoms with van der Waals surface area (Å²) in [5, 5.41) is 4.82. The fourth-order valence-electron chi connectivity index (χ4n) is 2.54. The molecule has 2 heterocycles. The molecule has 26 heavy (non-hydrogen) atoms. The highest BCUT2D eigenvalue weighted by molar-refractivity contribution is 7.07. The Morgan fingerprint density at radius 3 is 2.88 bits per heavy atom. The van der Waals surface area contributed by atoms with Gasteiger partial charge in [0.25, 0.3) is 0 Å². The van der Waals surface area contributed by atoms with Crippen LogP contribution in [-0.4, -0.2) is 27.5 Å². The number of ether oxygens (including phenoxy) is 1. The van der Waals surface area contributed by atoms with Crippen molar-refractivity contribution in [2.24, 2.45) is 0 Å². The molecule has 2 aromatic carbocycles. The van der Waals surface area contributed by atoms with Crippen molar-refractivity contribution in [3.05, 3.63) is 59.4 Å². The van der Waals surface area contributed by atoms with Gasteiger partial charge >= 0.3 is 0 Å². The number of hydrogen-bond acceptors (Lipinski definition) is 5. The molecule has 0 atom stereocenters. The second kappa shape index (κ2) is 7.37. The lowest BCUT2D eigenvalue weighted by Crippen LogP contribution is -2.15. The highest BCUT2D eigenvalue weighted by atomic mass is 32.1. The van der Waals surface area contributed by atoms with Gasteiger partial charge in [0, 0.05) is 11.1 Å². The summed E-state index contributed by atoms with van der Waals surface area (Å²) < 4.78 is 5.55. The Balaban J connectivity index is 1.38. The van der Waals surface area contributed by atoms with Crippen molar-refractivity contribution in [3.63, 3.8) is 0 Å². The molecule has 7 heteroatoms. The van der Waals surface area contributed by atoms with Crippen LogP contribution >= 0.6 is 11.3 Å². The van der Waals surface area contributed by atoms with Crippen molar-refractivity contribution >= 4 is 34.0 Å².